The van der Waals surface area contributed by atoms with Crippen molar-refractivity contribution in [3.05, 3.63) is 76.2 Å². The summed E-state index contributed by atoms with van der Waals surface area (Å²) in [6.45, 7) is 0.864. The highest BCUT2D eigenvalue weighted by atomic mass is 32.1. The van der Waals surface area contributed by atoms with Gasteiger partial charge in [0.2, 0.25) is 0 Å². The maximum atomic E-state index is 12.2. The number of carbonyl (C=O) groups excluding carboxylic acids is 1. The minimum absolute atomic E-state index is 0.131. The molecule has 1 aromatic heterocycles. The summed E-state index contributed by atoms with van der Waals surface area (Å²) in [5.41, 5.74) is 4.24. The molecule has 0 fully saturated rings. The van der Waals surface area contributed by atoms with Crippen molar-refractivity contribution in [3.63, 3.8) is 0 Å². The number of hydrogen-bond donors (Lipinski definition) is 1. The monoisotopic (exact) mass is 354 g/mol. The van der Waals surface area contributed by atoms with E-state index in [2.05, 4.69) is 10.3 Å². The highest BCUT2D eigenvalue weighted by Crippen LogP contribution is 2.15. The average molecular weight is 354 g/mol. The van der Waals surface area contributed by atoms with Crippen LogP contribution in [0.15, 0.2) is 59.4 Å². The number of rotatable bonds is 7. The Kier molecular flexibility index (Phi) is 5.64. The summed E-state index contributed by atoms with van der Waals surface area (Å²) in [5, 5.41) is 4.84. The minimum Gasteiger partial charge on any atom is -0.497 e. The molecule has 0 aliphatic rings. The van der Waals surface area contributed by atoms with E-state index in [-0.39, 0.29) is 5.91 Å². The average Bonchev–Trinajstić information content (AvgIpc) is 3.18. The number of nitrogens with one attached hydrogen (secondary N) is 1. The van der Waals surface area contributed by atoms with Crippen LogP contribution in [0.25, 0.3) is 0 Å². The van der Waals surface area contributed by atoms with Gasteiger partial charge in [0.1, 0.15) is 18.1 Å². The smallest absolute Gasteiger partial charge is 0.251 e. The molecule has 25 heavy (non-hydrogen) atoms. The van der Waals surface area contributed by atoms with Crippen molar-refractivity contribution in [2.75, 3.05) is 7.11 Å². The highest BCUT2D eigenvalue weighted by molar-refractivity contribution is 7.07. The lowest BCUT2D eigenvalue weighted by Gasteiger charge is -2.08. The van der Waals surface area contributed by atoms with Gasteiger partial charge in [0.25, 0.3) is 5.91 Å². The molecule has 0 radical (unpaired) electrons. The highest BCUT2D eigenvalue weighted by Gasteiger charge is 2.06. The van der Waals surface area contributed by atoms with Crippen LogP contribution in [0.4, 0.5) is 0 Å². The number of methoxy groups -OCH3 is 1. The first kappa shape index (κ1) is 17.0. The summed E-state index contributed by atoms with van der Waals surface area (Å²) >= 11 is 1.54. The van der Waals surface area contributed by atoms with Crippen LogP contribution in [0, 0.1) is 0 Å². The van der Waals surface area contributed by atoms with E-state index < -0.39 is 0 Å². The lowest BCUT2D eigenvalue weighted by molar-refractivity contribution is 0.0951. The predicted molar refractivity (Wildman–Crippen MR) is 97.1 cm³/mol. The first-order valence-electron chi connectivity index (χ1n) is 7.75. The molecule has 0 bridgehead atoms. The molecule has 0 aliphatic heterocycles. The molecule has 128 valence electrons. The van der Waals surface area contributed by atoms with E-state index in [0.717, 1.165) is 17.0 Å². The summed E-state index contributed by atoms with van der Waals surface area (Å²) in [5.74, 6) is 1.35. The van der Waals surface area contributed by atoms with Crippen LogP contribution >= 0.6 is 11.3 Å². The molecule has 0 spiro atoms. The Hall–Kier alpha value is -2.86. The Balaban J connectivity index is 1.53. The Bertz CT molecular complexity index is 817. The van der Waals surface area contributed by atoms with Gasteiger partial charge in [-0.05, 0) is 42.0 Å². The molecule has 0 saturated carbocycles. The van der Waals surface area contributed by atoms with Crippen LogP contribution in [-0.2, 0) is 13.2 Å². The molecular formula is C19H18N2O3S. The first-order chi connectivity index (χ1) is 12.2. The van der Waals surface area contributed by atoms with Crippen LogP contribution in [0.5, 0.6) is 11.5 Å². The van der Waals surface area contributed by atoms with Gasteiger partial charge in [-0.15, -0.1) is 11.3 Å². The van der Waals surface area contributed by atoms with Gasteiger partial charge in [0, 0.05) is 17.5 Å². The van der Waals surface area contributed by atoms with Gasteiger partial charge < -0.3 is 14.8 Å². The number of carbonyl (C=O) groups is 1. The second kappa shape index (κ2) is 8.30. The fourth-order valence-electron chi connectivity index (χ4n) is 2.24. The third-order valence-electron chi connectivity index (χ3n) is 3.57. The van der Waals surface area contributed by atoms with Crippen molar-refractivity contribution in [1.82, 2.24) is 10.3 Å². The van der Waals surface area contributed by atoms with E-state index in [1.807, 2.05) is 29.6 Å². The quantitative estimate of drug-likeness (QED) is 0.703. The molecule has 0 unspecified atom stereocenters. The van der Waals surface area contributed by atoms with Crippen LogP contribution < -0.4 is 14.8 Å². The van der Waals surface area contributed by atoms with E-state index in [4.69, 9.17) is 9.47 Å². The molecule has 2 aromatic carbocycles. The van der Waals surface area contributed by atoms with Crippen molar-refractivity contribution in [1.29, 1.82) is 0 Å². The normalized spacial score (nSPS) is 10.3. The number of ether oxygens (including phenoxy) is 2. The number of aromatic nitrogens is 1. The first-order valence-corrected chi connectivity index (χ1v) is 8.70. The molecule has 5 nitrogen and oxygen atoms in total. The fourth-order valence-corrected chi connectivity index (χ4v) is 2.78. The second-order valence-corrected chi connectivity index (χ2v) is 6.05. The molecular weight excluding hydrogens is 336 g/mol. The van der Waals surface area contributed by atoms with E-state index >= 15 is 0 Å². The van der Waals surface area contributed by atoms with Crippen molar-refractivity contribution < 1.29 is 14.3 Å². The van der Waals surface area contributed by atoms with E-state index in [9.17, 15) is 4.79 Å². The third kappa shape index (κ3) is 4.81. The molecule has 3 aromatic rings. The molecule has 0 aliphatic carbocycles. The molecule has 1 N–H and O–H groups in total. The summed E-state index contributed by atoms with van der Waals surface area (Å²) < 4.78 is 10.8. The summed E-state index contributed by atoms with van der Waals surface area (Å²) in [7, 11) is 1.62. The van der Waals surface area contributed by atoms with Crippen molar-refractivity contribution >= 4 is 17.2 Å². The Morgan fingerprint density at radius 2 is 2.00 bits per heavy atom. The van der Waals surface area contributed by atoms with Crippen LogP contribution in [0.1, 0.15) is 21.6 Å². The summed E-state index contributed by atoms with van der Waals surface area (Å²) in [6, 6.07) is 14.7. The van der Waals surface area contributed by atoms with Crippen LogP contribution in [0.3, 0.4) is 0 Å². The molecule has 6 heteroatoms. The molecule has 3 rings (SSSR count). The maximum absolute atomic E-state index is 12.2. The van der Waals surface area contributed by atoms with Gasteiger partial charge in [-0.1, -0.05) is 12.1 Å². The number of nitrogens with zero attached hydrogens (tertiary/aromatic N) is 1. The van der Waals surface area contributed by atoms with E-state index in [1.165, 1.54) is 11.3 Å². The van der Waals surface area contributed by atoms with E-state index in [0.29, 0.717) is 24.5 Å². The van der Waals surface area contributed by atoms with Gasteiger partial charge in [-0.25, -0.2) is 4.98 Å². The van der Waals surface area contributed by atoms with Crippen LogP contribution in [-0.4, -0.2) is 18.0 Å². The molecule has 1 heterocycles. The zero-order valence-electron chi connectivity index (χ0n) is 13.8. The minimum atomic E-state index is -0.131. The van der Waals surface area contributed by atoms with Gasteiger partial charge in [-0.3, -0.25) is 4.79 Å². The summed E-state index contributed by atoms with van der Waals surface area (Å²) in [4.78, 5) is 16.4. The van der Waals surface area contributed by atoms with E-state index in [1.54, 1.807) is 36.9 Å². The predicted octanol–water partition coefficient (Wildman–Crippen LogP) is 3.66. The third-order valence-corrected chi connectivity index (χ3v) is 4.21. The largest absolute Gasteiger partial charge is 0.497 e. The zero-order valence-corrected chi connectivity index (χ0v) is 14.6. The van der Waals surface area contributed by atoms with Crippen LogP contribution in [0.2, 0.25) is 0 Å². The molecule has 0 saturated heterocycles. The lowest BCUT2D eigenvalue weighted by Crippen LogP contribution is -2.22. The SMILES string of the molecule is COc1cccc(CNC(=O)c2ccc(OCc3cscn3)cc2)c1. The number of benzene rings is 2. The number of thiazole rings is 1. The zero-order chi connectivity index (χ0) is 17.5. The lowest BCUT2D eigenvalue weighted by atomic mass is 10.2. The van der Waals surface area contributed by atoms with Gasteiger partial charge in [0.15, 0.2) is 0 Å². The topological polar surface area (TPSA) is 60.5 Å². The fraction of sp³-hybridized carbons (Fsp3) is 0.158. The molecule has 1 amide bonds. The van der Waals surface area contributed by atoms with Crippen molar-refractivity contribution in [2.24, 2.45) is 0 Å². The second-order valence-electron chi connectivity index (χ2n) is 5.33. The molecule has 0 atom stereocenters. The number of hydrogen-bond acceptors (Lipinski definition) is 5. The maximum Gasteiger partial charge on any atom is 0.251 e. The van der Waals surface area contributed by atoms with Crippen molar-refractivity contribution in [3.8, 4) is 11.5 Å². The Morgan fingerprint density at radius 1 is 1.16 bits per heavy atom. The van der Waals surface area contributed by atoms with Gasteiger partial charge in [0.05, 0.1) is 18.3 Å². The van der Waals surface area contributed by atoms with Gasteiger partial charge >= 0.3 is 0 Å². The Morgan fingerprint density at radius 3 is 2.72 bits per heavy atom. The standard InChI is InChI=1S/C19H18N2O3S/c1-23-18-4-2-3-14(9-18)10-20-19(22)15-5-7-17(8-6-15)24-11-16-12-25-13-21-16/h2-9,12-13H,10-11H2,1H3,(H,20,22). The van der Waals surface area contributed by atoms with Crippen molar-refractivity contribution in [2.45, 2.75) is 13.2 Å². The number of amides is 1. The Labute approximate surface area is 150 Å². The summed E-state index contributed by atoms with van der Waals surface area (Å²) in [6.07, 6.45) is 0. The van der Waals surface area contributed by atoms with Gasteiger partial charge in [-0.2, -0.15) is 0 Å².